The van der Waals surface area contributed by atoms with Gasteiger partial charge < -0.3 is 9.73 Å². The van der Waals surface area contributed by atoms with Gasteiger partial charge in [0.25, 0.3) is 5.69 Å². The molecule has 0 spiro atoms. The number of hydrogen-bond acceptors (Lipinski definition) is 5. The fourth-order valence-corrected chi connectivity index (χ4v) is 2.84. The van der Waals surface area contributed by atoms with Gasteiger partial charge in [-0.3, -0.25) is 10.1 Å². The van der Waals surface area contributed by atoms with E-state index in [2.05, 4.69) is 10.3 Å². The van der Waals surface area contributed by atoms with Crippen LogP contribution in [0.2, 0.25) is 0 Å². The highest BCUT2D eigenvalue weighted by atomic mass is 16.6. The monoisotopic (exact) mass is 345 g/mol. The maximum Gasteiger partial charge on any atom is 0.287 e. The van der Waals surface area contributed by atoms with E-state index in [4.69, 9.17) is 4.42 Å². The summed E-state index contributed by atoms with van der Waals surface area (Å²) in [5, 5.41) is 15.1. The Labute approximate surface area is 149 Å². The summed E-state index contributed by atoms with van der Waals surface area (Å²) in [5.41, 5.74) is 1.77. The van der Waals surface area contributed by atoms with Crippen LogP contribution < -0.4 is 5.32 Å². The van der Waals surface area contributed by atoms with Crippen molar-refractivity contribution in [1.82, 2.24) is 4.98 Å². The fraction of sp³-hybridized carbons (Fsp3) is 0.0500. The minimum atomic E-state index is -0.468. The number of fused-ring (bicyclic) bond motifs is 1. The van der Waals surface area contributed by atoms with Gasteiger partial charge in [-0.2, -0.15) is 0 Å². The molecule has 0 unspecified atom stereocenters. The first kappa shape index (κ1) is 15.8. The van der Waals surface area contributed by atoms with Gasteiger partial charge in [-0.25, -0.2) is 4.98 Å². The van der Waals surface area contributed by atoms with Crippen molar-refractivity contribution in [3.63, 3.8) is 0 Å². The molecule has 6 nitrogen and oxygen atoms in total. The van der Waals surface area contributed by atoms with Crippen molar-refractivity contribution in [3.05, 3.63) is 100 Å². The third kappa shape index (κ3) is 3.12. The fourth-order valence-electron chi connectivity index (χ4n) is 2.84. The number of aromatic nitrogens is 1. The number of pyridine rings is 1. The van der Waals surface area contributed by atoms with E-state index >= 15 is 0 Å². The maximum absolute atomic E-state index is 10.8. The third-order valence-corrected chi connectivity index (χ3v) is 4.11. The summed E-state index contributed by atoms with van der Waals surface area (Å²) >= 11 is 0. The highest BCUT2D eigenvalue weighted by Crippen LogP contribution is 2.31. The molecule has 0 saturated carbocycles. The van der Waals surface area contributed by atoms with E-state index in [1.165, 1.54) is 12.3 Å². The topological polar surface area (TPSA) is 81.2 Å². The molecule has 0 bridgehead atoms. The number of nitro groups is 1. The van der Waals surface area contributed by atoms with Gasteiger partial charge in [0.15, 0.2) is 0 Å². The Bertz CT molecular complexity index is 1010. The van der Waals surface area contributed by atoms with Gasteiger partial charge >= 0.3 is 0 Å². The van der Waals surface area contributed by atoms with Crippen molar-refractivity contribution >= 4 is 22.5 Å². The van der Waals surface area contributed by atoms with E-state index in [9.17, 15) is 10.1 Å². The standard InChI is InChI=1S/C20H15N3O3/c24-23(25)16-10-11-19(21-13-16)22-20(14-6-2-1-3-7-14)18-12-15-8-4-5-9-17(15)26-18/h1-13,20H,(H,21,22)/t20-/m0/s1. The zero-order valence-corrected chi connectivity index (χ0v) is 13.7. The lowest BCUT2D eigenvalue weighted by molar-refractivity contribution is -0.385. The molecule has 6 heteroatoms. The van der Waals surface area contributed by atoms with Crippen molar-refractivity contribution in [2.45, 2.75) is 6.04 Å². The third-order valence-electron chi connectivity index (χ3n) is 4.11. The first-order chi connectivity index (χ1) is 12.7. The second-order valence-electron chi connectivity index (χ2n) is 5.83. The molecule has 0 radical (unpaired) electrons. The molecule has 0 saturated heterocycles. The number of furan rings is 1. The minimum absolute atomic E-state index is 0.0458. The van der Waals surface area contributed by atoms with E-state index in [0.29, 0.717) is 5.82 Å². The Balaban J connectivity index is 1.72. The molecule has 0 amide bonds. The molecule has 26 heavy (non-hydrogen) atoms. The normalized spacial score (nSPS) is 12.0. The Morgan fingerprint density at radius 2 is 1.77 bits per heavy atom. The first-order valence-corrected chi connectivity index (χ1v) is 8.11. The zero-order chi connectivity index (χ0) is 17.9. The van der Waals surface area contributed by atoms with Crippen LogP contribution in [0.1, 0.15) is 17.4 Å². The molecular formula is C20H15N3O3. The predicted octanol–water partition coefficient (Wildman–Crippen LogP) is 4.94. The Kier molecular flexibility index (Phi) is 4.07. The number of rotatable bonds is 5. The van der Waals surface area contributed by atoms with Crippen molar-refractivity contribution in [1.29, 1.82) is 0 Å². The molecule has 0 aliphatic heterocycles. The minimum Gasteiger partial charge on any atom is -0.459 e. The van der Waals surface area contributed by atoms with Crippen molar-refractivity contribution in [3.8, 4) is 0 Å². The molecule has 0 aliphatic rings. The highest BCUT2D eigenvalue weighted by molar-refractivity contribution is 5.78. The number of benzene rings is 2. The molecule has 4 rings (SSSR count). The highest BCUT2D eigenvalue weighted by Gasteiger charge is 2.19. The van der Waals surface area contributed by atoms with Gasteiger partial charge in [0.05, 0.1) is 4.92 Å². The van der Waals surface area contributed by atoms with Crippen LogP contribution >= 0.6 is 0 Å². The molecule has 128 valence electrons. The number of hydrogen-bond donors (Lipinski definition) is 1. The molecule has 0 aliphatic carbocycles. The average molecular weight is 345 g/mol. The largest absolute Gasteiger partial charge is 0.459 e. The predicted molar refractivity (Wildman–Crippen MR) is 99.0 cm³/mol. The first-order valence-electron chi connectivity index (χ1n) is 8.11. The van der Waals surface area contributed by atoms with Gasteiger partial charge in [-0.05, 0) is 23.8 Å². The van der Waals surface area contributed by atoms with Crippen LogP contribution in [0, 0.1) is 10.1 Å². The van der Waals surface area contributed by atoms with E-state index in [1.807, 2.05) is 60.7 Å². The molecule has 2 heterocycles. The molecule has 1 N–H and O–H groups in total. The average Bonchev–Trinajstić information content (AvgIpc) is 3.11. The molecule has 2 aromatic heterocycles. The maximum atomic E-state index is 10.8. The van der Waals surface area contributed by atoms with Gasteiger partial charge in [0.1, 0.15) is 29.4 Å². The van der Waals surface area contributed by atoms with Crippen molar-refractivity contribution in [2.24, 2.45) is 0 Å². The molecule has 2 aromatic carbocycles. The zero-order valence-electron chi connectivity index (χ0n) is 13.7. The summed E-state index contributed by atoms with van der Waals surface area (Å²) in [7, 11) is 0. The van der Waals surface area contributed by atoms with Crippen LogP contribution in [0.5, 0.6) is 0 Å². The summed E-state index contributed by atoms with van der Waals surface area (Å²) in [5.74, 6) is 1.28. The van der Waals surface area contributed by atoms with Crippen LogP contribution in [0.4, 0.5) is 11.5 Å². The van der Waals surface area contributed by atoms with Crippen LogP contribution in [0.25, 0.3) is 11.0 Å². The van der Waals surface area contributed by atoms with Crippen LogP contribution in [0.3, 0.4) is 0 Å². The van der Waals surface area contributed by atoms with E-state index in [1.54, 1.807) is 6.07 Å². The van der Waals surface area contributed by atoms with Crippen molar-refractivity contribution in [2.75, 3.05) is 5.32 Å². The second kappa shape index (κ2) is 6.68. The lowest BCUT2D eigenvalue weighted by atomic mass is 10.0. The second-order valence-corrected chi connectivity index (χ2v) is 5.83. The summed E-state index contributed by atoms with van der Waals surface area (Å²) in [6, 6.07) is 22.4. The van der Waals surface area contributed by atoms with E-state index < -0.39 is 4.92 Å². The van der Waals surface area contributed by atoms with Gasteiger partial charge in [-0.1, -0.05) is 48.5 Å². The number of nitrogens with one attached hydrogen (secondary N) is 1. The Hall–Kier alpha value is -3.67. The number of anilines is 1. The molecule has 0 fully saturated rings. The number of para-hydroxylation sites is 1. The van der Waals surface area contributed by atoms with Crippen LogP contribution in [0.15, 0.2) is 83.4 Å². The lowest BCUT2D eigenvalue weighted by Gasteiger charge is -2.17. The van der Waals surface area contributed by atoms with E-state index in [-0.39, 0.29) is 11.7 Å². The van der Waals surface area contributed by atoms with Crippen molar-refractivity contribution < 1.29 is 9.34 Å². The van der Waals surface area contributed by atoms with Gasteiger partial charge in [-0.15, -0.1) is 0 Å². The molecule has 4 aromatic rings. The van der Waals surface area contributed by atoms with Crippen LogP contribution in [-0.2, 0) is 0 Å². The van der Waals surface area contributed by atoms with Gasteiger partial charge in [0, 0.05) is 11.5 Å². The SMILES string of the molecule is O=[N+]([O-])c1ccc(N[C@@H](c2ccccc2)c2cc3ccccc3o2)nc1. The Morgan fingerprint density at radius 3 is 2.46 bits per heavy atom. The Morgan fingerprint density at radius 1 is 1.00 bits per heavy atom. The lowest BCUT2D eigenvalue weighted by Crippen LogP contribution is -2.12. The molecule has 1 atom stereocenters. The summed E-state index contributed by atoms with van der Waals surface area (Å²) in [4.78, 5) is 14.5. The summed E-state index contributed by atoms with van der Waals surface area (Å²) in [6.45, 7) is 0. The quantitative estimate of drug-likeness (QED) is 0.409. The van der Waals surface area contributed by atoms with Gasteiger partial charge in [0.2, 0.25) is 0 Å². The summed E-state index contributed by atoms with van der Waals surface area (Å²) < 4.78 is 6.02. The van der Waals surface area contributed by atoms with Crippen LogP contribution in [-0.4, -0.2) is 9.91 Å². The number of nitrogens with zero attached hydrogens (tertiary/aromatic N) is 2. The smallest absolute Gasteiger partial charge is 0.287 e. The summed E-state index contributed by atoms with van der Waals surface area (Å²) in [6.07, 6.45) is 1.24. The molecular weight excluding hydrogens is 330 g/mol. The van der Waals surface area contributed by atoms with E-state index in [0.717, 1.165) is 22.3 Å².